The molecule has 0 saturated carbocycles. The molecule has 1 unspecified atom stereocenters. The summed E-state index contributed by atoms with van der Waals surface area (Å²) in [5, 5.41) is 2.74. The zero-order valence-electron chi connectivity index (χ0n) is 14.7. The van der Waals surface area contributed by atoms with Gasteiger partial charge in [0.15, 0.2) is 0 Å². The third-order valence-corrected chi connectivity index (χ3v) is 5.03. The highest BCUT2D eigenvalue weighted by Gasteiger charge is 2.44. The number of nitrogens with one attached hydrogen (secondary N) is 1. The van der Waals surface area contributed by atoms with Gasteiger partial charge < -0.3 is 10.2 Å². The van der Waals surface area contributed by atoms with Crippen LogP contribution >= 0.6 is 0 Å². The van der Waals surface area contributed by atoms with Gasteiger partial charge in [-0.25, -0.2) is 4.39 Å². The van der Waals surface area contributed by atoms with Crippen molar-refractivity contribution in [1.82, 2.24) is 5.32 Å². The van der Waals surface area contributed by atoms with E-state index in [0.717, 1.165) is 0 Å². The van der Waals surface area contributed by atoms with E-state index in [0.29, 0.717) is 35.3 Å². The van der Waals surface area contributed by atoms with Gasteiger partial charge in [0, 0.05) is 25.6 Å². The van der Waals surface area contributed by atoms with Crippen molar-refractivity contribution in [2.75, 3.05) is 16.8 Å². The van der Waals surface area contributed by atoms with E-state index in [-0.39, 0.29) is 30.1 Å². The standard InChI is InChI=1S/C20H18FN3O3/c1-23-17-10-13(19(26)22-11-12-3-2-4-14(21)9-12)5-6-15(17)24-16(20(23)27)7-8-18(24)25/h2-6,9-10,16H,7-8,11H2,1H3,(H,22,26). The van der Waals surface area contributed by atoms with Crippen LogP contribution in [-0.4, -0.2) is 30.8 Å². The summed E-state index contributed by atoms with van der Waals surface area (Å²) in [5.41, 5.74) is 2.20. The minimum atomic E-state index is -0.456. The average molecular weight is 367 g/mol. The number of fused-ring (bicyclic) bond motifs is 3. The van der Waals surface area contributed by atoms with Crippen LogP contribution in [0.25, 0.3) is 0 Å². The van der Waals surface area contributed by atoms with Crippen LogP contribution in [0.5, 0.6) is 0 Å². The van der Waals surface area contributed by atoms with Crippen LogP contribution < -0.4 is 15.1 Å². The predicted molar refractivity (Wildman–Crippen MR) is 97.9 cm³/mol. The molecule has 3 amide bonds. The minimum Gasteiger partial charge on any atom is -0.348 e. The van der Waals surface area contributed by atoms with Gasteiger partial charge in [0.25, 0.3) is 5.91 Å². The molecular weight excluding hydrogens is 349 g/mol. The number of nitrogens with zero attached hydrogens (tertiary/aromatic N) is 2. The molecule has 1 atom stereocenters. The molecule has 4 rings (SSSR count). The molecule has 0 aliphatic carbocycles. The fraction of sp³-hybridized carbons (Fsp3) is 0.250. The van der Waals surface area contributed by atoms with Crippen molar-refractivity contribution >= 4 is 29.1 Å². The number of likely N-dealkylation sites (N-methyl/N-ethyl adjacent to an activating group) is 1. The largest absolute Gasteiger partial charge is 0.348 e. The number of benzene rings is 2. The molecule has 1 saturated heterocycles. The Balaban J connectivity index is 1.58. The SMILES string of the molecule is CN1C(=O)C2CCC(=O)N2c2ccc(C(=O)NCc3cccc(F)c3)cc21. The van der Waals surface area contributed by atoms with Gasteiger partial charge >= 0.3 is 0 Å². The summed E-state index contributed by atoms with van der Waals surface area (Å²) in [6, 6.07) is 10.5. The number of rotatable bonds is 3. The molecule has 2 aliphatic heterocycles. The molecule has 0 bridgehead atoms. The van der Waals surface area contributed by atoms with E-state index in [1.807, 2.05) is 0 Å². The first-order chi connectivity index (χ1) is 13.0. The van der Waals surface area contributed by atoms with Gasteiger partial charge in [0.2, 0.25) is 11.8 Å². The van der Waals surface area contributed by atoms with Crippen LogP contribution in [-0.2, 0) is 16.1 Å². The summed E-state index contributed by atoms with van der Waals surface area (Å²) in [5.74, 6) is -0.921. The molecule has 6 nitrogen and oxygen atoms in total. The quantitative estimate of drug-likeness (QED) is 0.904. The van der Waals surface area contributed by atoms with Gasteiger partial charge in [0.1, 0.15) is 11.9 Å². The molecule has 2 aromatic carbocycles. The molecule has 1 N–H and O–H groups in total. The summed E-state index contributed by atoms with van der Waals surface area (Å²) in [6.07, 6.45) is 0.858. The topological polar surface area (TPSA) is 69.7 Å². The molecule has 138 valence electrons. The first-order valence-electron chi connectivity index (χ1n) is 8.72. The molecule has 1 fully saturated rings. The number of halogens is 1. The highest BCUT2D eigenvalue weighted by atomic mass is 19.1. The zero-order chi connectivity index (χ0) is 19.1. The van der Waals surface area contributed by atoms with Crippen LogP contribution in [0.3, 0.4) is 0 Å². The summed E-state index contributed by atoms with van der Waals surface area (Å²) in [4.78, 5) is 40.2. The monoisotopic (exact) mass is 367 g/mol. The van der Waals surface area contributed by atoms with Gasteiger partial charge in [-0.05, 0) is 42.3 Å². The maximum absolute atomic E-state index is 13.2. The van der Waals surface area contributed by atoms with Crippen molar-refractivity contribution in [3.05, 3.63) is 59.4 Å². The number of carbonyl (C=O) groups excluding carboxylic acids is 3. The van der Waals surface area contributed by atoms with Gasteiger partial charge in [-0.3, -0.25) is 19.3 Å². The fourth-order valence-electron chi connectivity index (χ4n) is 3.63. The minimum absolute atomic E-state index is 0.0778. The average Bonchev–Trinajstić information content (AvgIpc) is 3.05. The van der Waals surface area contributed by atoms with Gasteiger partial charge in [-0.1, -0.05) is 12.1 Å². The molecule has 2 heterocycles. The van der Waals surface area contributed by atoms with Crippen LogP contribution in [0, 0.1) is 5.82 Å². The number of anilines is 2. The van der Waals surface area contributed by atoms with Crippen molar-refractivity contribution in [3.8, 4) is 0 Å². The summed E-state index contributed by atoms with van der Waals surface area (Å²) >= 11 is 0. The van der Waals surface area contributed by atoms with Crippen molar-refractivity contribution < 1.29 is 18.8 Å². The second-order valence-corrected chi connectivity index (χ2v) is 6.73. The summed E-state index contributed by atoms with van der Waals surface area (Å²) in [7, 11) is 1.65. The van der Waals surface area contributed by atoms with Gasteiger partial charge in [-0.2, -0.15) is 0 Å². The molecule has 0 aromatic heterocycles. The van der Waals surface area contributed by atoms with E-state index in [2.05, 4.69) is 5.32 Å². The van der Waals surface area contributed by atoms with E-state index in [4.69, 9.17) is 0 Å². The van der Waals surface area contributed by atoms with E-state index >= 15 is 0 Å². The maximum Gasteiger partial charge on any atom is 0.251 e. The molecule has 2 aromatic rings. The van der Waals surface area contributed by atoms with Crippen LogP contribution in [0.1, 0.15) is 28.8 Å². The van der Waals surface area contributed by atoms with Crippen LogP contribution in [0.4, 0.5) is 15.8 Å². The first-order valence-corrected chi connectivity index (χ1v) is 8.72. The second kappa shape index (κ2) is 6.50. The zero-order valence-corrected chi connectivity index (χ0v) is 14.7. The van der Waals surface area contributed by atoms with Crippen molar-refractivity contribution in [2.45, 2.75) is 25.4 Å². The fourth-order valence-corrected chi connectivity index (χ4v) is 3.63. The Morgan fingerprint density at radius 3 is 2.78 bits per heavy atom. The molecule has 7 heteroatoms. The van der Waals surface area contributed by atoms with Crippen LogP contribution in [0.15, 0.2) is 42.5 Å². The predicted octanol–water partition coefficient (Wildman–Crippen LogP) is 2.23. The number of hydrogen-bond acceptors (Lipinski definition) is 3. The molecule has 0 spiro atoms. The number of amides is 3. The Labute approximate surface area is 155 Å². The van der Waals surface area contributed by atoms with Crippen molar-refractivity contribution in [2.24, 2.45) is 0 Å². The van der Waals surface area contributed by atoms with Crippen molar-refractivity contribution in [3.63, 3.8) is 0 Å². The first kappa shape index (κ1) is 17.2. The summed E-state index contributed by atoms with van der Waals surface area (Å²) in [6.45, 7) is 0.190. The highest BCUT2D eigenvalue weighted by molar-refractivity contribution is 6.15. The highest BCUT2D eigenvalue weighted by Crippen LogP contribution is 2.40. The van der Waals surface area contributed by atoms with Crippen molar-refractivity contribution in [1.29, 1.82) is 0 Å². The Morgan fingerprint density at radius 2 is 2.00 bits per heavy atom. The molecule has 2 aliphatic rings. The van der Waals surface area contributed by atoms with Gasteiger partial charge in [-0.15, -0.1) is 0 Å². The lowest BCUT2D eigenvalue weighted by atomic mass is 10.0. The normalized spacial score (nSPS) is 18.4. The third-order valence-electron chi connectivity index (χ3n) is 5.03. The van der Waals surface area contributed by atoms with E-state index in [9.17, 15) is 18.8 Å². The Hall–Kier alpha value is -3.22. The Kier molecular flexibility index (Phi) is 4.14. The Morgan fingerprint density at radius 1 is 1.19 bits per heavy atom. The van der Waals surface area contributed by atoms with E-state index < -0.39 is 6.04 Å². The maximum atomic E-state index is 13.2. The van der Waals surface area contributed by atoms with Gasteiger partial charge in [0.05, 0.1) is 11.4 Å². The van der Waals surface area contributed by atoms with E-state index in [1.165, 1.54) is 21.9 Å². The van der Waals surface area contributed by atoms with Crippen LogP contribution in [0.2, 0.25) is 0 Å². The summed E-state index contributed by atoms with van der Waals surface area (Å²) < 4.78 is 13.2. The lowest BCUT2D eigenvalue weighted by Gasteiger charge is -2.36. The lowest BCUT2D eigenvalue weighted by molar-refractivity contribution is -0.122. The molecule has 27 heavy (non-hydrogen) atoms. The molecule has 0 radical (unpaired) electrons. The third kappa shape index (κ3) is 2.95. The number of carbonyl (C=O) groups is 3. The second-order valence-electron chi connectivity index (χ2n) is 6.73. The molecular formula is C20H18FN3O3. The smallest absolute Gasteiger partial charge is 0.251 e. The number of hydrogen-bond donors (Lipinski definition) is 1. The lowest BCUT2D eigenvalue weighted by Crippen LogP contribution is -2.50. The van der Waals surface area contributed by atoms with E-state index in [1.54, 1.807) is 37.4 Å². The Bertz CT molecular complexity index is 959.